The summed E-state index contributed by atoms with van der Waals surface area (Å²) in [6.45, 7) is 4.78. The number of nitrogens with two attached hydrogens (primary N) is 1. The molecule has 0 aliphatic carbocycles. The second kappa shape index (κ2) is 5.05. The fraction of sp³-hybridized carbons (Fsp3) is 0.900. The van der Waals surface area contributed by atoms with Crippen molar-refractivity contribution >= 4 is 17.2 Å². The summed E-state index contributed by atoms with van der Waals surface area (Å²) in [4.78, 5) is 2.91. The van der Waals surface area contributed by atoms with E-state index in [1.54, 1.807) is 0 Å². The molecule has 0 radical (unpaired) electrons. The summed E-state index contributed by atoms with van der Waals surface area (Å²) in [5.41, 5.74) is 4.94. The lowest BCUT2D eigenvalue weighted by molar-refractivity contribution is 0.0686. The highest BCUT2D eigenvalue weighted by Gasteiger charge is 2.30. The lowest BCUT2D eigenvalue weighted by Crippen LogP contribution is -2.30. The van der Waals surface area contributed by atoms with E-state index >= 15 is 0 Å². The molecule has 0 saturated carbocycles. The Morgan fingerprint density at radius 1 is 1.57 bits per heavy atom. The Balaban J connectivity index is 2.06. The van der Waals surface area contributed by atoms with E-state index in [-0.39, 0.29) is 0 Å². The number of hydrogen-bond donors (Lipinski definition) is 2. The van der Waals surface area contributed by atoms with Gasteiger partial charge in [0.15, 0.2) is 0 Å². The van der Waals surface area contributed by atoms with Gasteiger partial charge in [-0.2, -0.15) is 0 Å². The van der Waals surface area contributed by atoms with Crippen LogP contribution in [-0.2, 0) is 0 Å². The monoisotopic (exact) mass is 216 g/mol. The first-order chi connectivity index (χ1) is 6.49. The third-order valence-electron chi connectivity index (χ3n) is 2.68. The molecular formula is C10H20N2OS. The Morgan fingerprint density at radius 2 is 2.29 bits per heavy atom. The number of nitrogens with zero attached hydrogens (tertiary/aromatic N) is 1. The van der Waals surface area contributed by atoms with Crippen molar-refractivity contribution in [3.8, 4) is 0 Å². The van der Waals surface area contributed by atoms with Crippen LogP contribution in [0.1, 0.15) is 32.6 Å². The summed E-state index contributed by atoms with van der Waals surface area (Å²) >= 11 is 4.80. The SMILES string of the molecule is CC1(O)CCN(CCCCC(N)=S)C1. The standard InChI is InChI=1S/C10H20N2OS/c1-10(13)5-7-12(8-10)6-3-2-4-9(11)14/h13H,2-8H2,1H3,(H2,11,14). The largest absolute Gasteiger partial charge is 0.393 e. The van der Waals surface area contributed by atoms with Crippen LogP contribution < -0.4 is 5.73 Å². The van der Waals surface area contributed by atoms with Crippen LogP contribution in [0, 0.1) is 0 Å². The predicted molar refractivity (Wildman–Crippen MR) is 62.3 cm³/mol. The number of likely N-dealkylation sites (tertiary alicyclic amines) is 1. The third-order valence-corrected chi connectivity index (χ3v) is 2.88. The van der Waals surface area contributed by atoms with Crippen molar-refractivity contribution in [3.63, 3.8) is 0 Å². The molecule has 14 heavy (non-hydrogen) atoms. The summed E-state index contributed by atoms with van der Waals surface area (Å²) in [7, 11) is 0. The molecule has 1 unspecified atom stereocenters. The Bertz CT molecular complexity index is 206. The molecule has 1 aliphatic heterocycles. The van der Waals surface area contributed by atoms with Crippen LogP contribution in [0.2, 0.25) is 0 Å². The van der Waals surface area contributed by atoms with E-state index < -0.39 is 5.60 Å². The average Bonchev–Trinajstić information content (AvgIpc) is 2.39. The van der Waals surface area contributed by atoms with Gasteiger partial charge in [-0.25, -0.2) is 0 Å². The number of hydrogen-bond acceptors (Lipinski definition) is 3. The molecule has 82 valence electrons. The maximum Gasteiger partial charge on any atom is 0.0758 e. The highest BCUT2D eigenvalue weighted by atomic mass is 32.1. The van der Waals surface area contributed by atoms with Gasteiger partial charge >= 0.3 is 0 Å². The average molecular weight is 216 g/mol. The fourth-order valence-electron chi connectivity index (χ4n) is 1.86. The maximum absolute atomic E-state index is 9.73. The lowest BCUT2D eigenvalue weighted by atomic mass is 10.1. The second-order valence-corrected chi connectivity index (χ2v) is 4.97. The van der Waals surface area contributed by atoms with Crippen LogP contribution in [0.15, 0.2) is 0 Å². The molecule has 1 aliphatic rings. The topological polar surface area (TPSA) is 49.5 Å². The van der Waals surface area contributed by atoms with Gasteiger partial charge in [-0.05, 0) is 39.2 Å². The third kappa shape index (κ3) is 4.35. The summed E-state index contributed by atoms with van der Waals surface area (Å²) in [6.07, 6.45) is 3.92. The predicted octanol–water partition coefficient (Wildman–Crippen LogP) is 0.900. The van der Waals surface area contributed by atoms with E-state index in [1.165, 1.54) is 0 Å². The van der Waals surface area contributed by atoms with Gasteiger partial charge in [0, 0.05) is 13.1 Å². The van der Waals surface area contributed by atoms with Crippen LogP contribution >= 0.6 is 12.2 Å². The summed E-state index contributed by atoms with van der Waals surface area (Å²) in [5.74, 6) is 0. The van der Waals surface area contributed by atoms with Crippen LogP contribution in [0.3, 0.4) is 0 Å². The molecule has 1 rings (SSSR count). The van der Waals surface area contributed by atoms with E-state index in [0.717, 1.165) is 45.3 Å². The Kier molecular flexibility index (Phi) is 4.29. The molecule has 0 aromatic rings. The Morgan fingerprint density at radius 3 is 2.79 bits per heavy atom. The van der Waals surface area contributed by atoms with Crippen molar-refractivity contribution in [2.75, 3.05) is 19.6 Å². The van der Waals surface area contributed by atoms with Crippen LogP contribution in [0.5, 0.6) is 0 Å². The molecule has 0 aromatic carbocycles. The van der Waals surface area contributed by atoms with E-state index in [0.29, 0.717) is 4.99 Å². The minimum atomic E-state index is -0.469. The molecule has 1 heterocycles. The minimum Gasteiger partial charge on any atom is -0.393 e. The van der Waals surface area contributed by atoms with Crippen molar-refractivity contribution < 1.29 is 5.11 Å². The Labute approximate surface area is 91.3 Å². The summed E-state index contributed by atoms with van der Waals surface area (Å²) < 4.78 is 0. The molecule has 0 aromatic heterocycles. The zero-order valence-electron chi connectivity index (χ0n) is 8.83. The lowest BCUT2D eigenvalue weighted by Gasteiger charge is -2.18. The van der Waals surface area contributed by atoms with Gasteiger partial charge in [0.2, 0.25) is 0 Å². The maximum atomic E-state index is 9.73. The molecule has 3 nitrogen and oxygen atoms in total. The van der Waals surface area contributed by atoms with Crippen LogP contribution in [0.25, 0.3) is 0 Å². The number of unbranched alkanes of at least 4 members (excludes halogenated alkanes) is 1. The molecular weight excluding hydrogens is 196 g/mol. The smallest absolute Gasteiger partial charge is 0.0758 e. The van der Waals surface area contributed by atoms with E-state index in [1.807, 2.05) is 6.92 Å². The zero-order chi connectivity index (χ0) is 10.6. The van der Waals surface area contributed by atoms with Gasteiger partial charge in [-0.15, -0.1) is 0 Å². The van der Waals surface area contributed by atoms with Crippen molar-refractivity contribution in [2.45, 2.75) is 38.2 Å². The highest BCUT2D eigenvalue weighted by molar-refractivity contribution is 7.80. The van der Waals surface area contributed by atoms with E-state index in [4.69, 9.17) is 18.0 Å². The molecule has 0 bridgehead atoms. The van der Waals surface area contributed by atoms with Crippen molar-refractivity contribution in [1.29, 1.82) is 0 Å². The van der Waals surface area contributed by atoms with Crippen LogP contribution in [0.4, 0.5) is 0 Å². The second-order valence-electron chi connectivity index (χ2n) is 4.45. The van der Waals surface area contributed by atoms with Gasteiger partial charge in [0.05, 0.1) is 10.6 Å². The van der Waals surface area contributed by atoms with Gasteiger partial charge in [-0.3, -0.25) is 0 Å². The highest BCUT2D eigenvalue weighted by Crippen LogP contribution is 2.20. The minimum absolute atomic E-state index is 0.469. The molecule has 1 saturated heterocycles. The van der Waals surface area contributed by atoms with E-state index in [9.17, 15) is 5.11 Å². The number of thiocarbonyl (C=S) groups is 1. The molecule has 1 atom stereocenters. The molecule has 3 N–H and O–H groups in total. The summed E-state index contributed by atoms with van der Waals surface area (Å²) in [5, 5.41) is 9.73. The van der Waals surface area contributed by atoms with Gasteiger partial charge in [0.25, 0.3) is 0 Å². The van der Waals surface area contributed by atoms with Gasteiger partial charge < -0.3 is 15.7 Å². The Hall–Kier alpha value is -0.190. The van der Waals surface area contributed by atoms with Gasteiger partial charge in [-0.1, -0.05) is 12.2 Å². The normalized spacial score (nSPS) is 28.1. The first kappa shape index (κ1) is 11.9. The van der Waals surface area contributed by atoms with Crippen molar-refractivity contribution in [3.05, 3.63) is 0 Å². The number of β-amino-alcohol motifs (C(OH)–C–C–N with tert-alkyl or cyclic N) is 1. The van der Waals surface area contributed by atoms with Crippen LogP contribution in [-0.4, -0.2) is 40.2 Å². The fourth-order valence-corrected chi connectivity index (χ4v) is 2.01. The summed E-state index contributed by atoms with van der Waals surface area (Å²) in [6, 6.07) is 0. The van der Waals surface area contributed by atoms with Gasteiger partial charge in [0.1, 0.15) is 0 Å². The number of aliphatic hydroxyl groups is 1. The quantitative estimate of drug-likeness (QED) is 0.529. The van der Waals surface area contributed by atoms with Crippen molar-refractivity contribution in [1.82, 2.24) is 4.90 Å². The zero-order valence-corrected chi connectivity index (χ0v) is 9.65. The first-order valence-electron chi connectivity index (χ1n) is 5.23. The van der Waals surface area contributed by atoms with Crippen molar-refractivity contribution in [2.24, 2.45) is 5.73 Å². The molecule has 0 amide bonds. The molecule has 1 fully saturated rings. The number of rotatable bonds is 5. The van der Waals surface area contributed by atoms with E-state index in [2.05, 4.69) is 4.90 Å². The molecule has 4 heteroatoms. The first-order valence-corrected chi connectivity index (χ1v) is 5.63. The molecule has 0 spiro atoms.